The Hall–Kier alpha value is -3.65. The van der Waals surface area contributed by atoms with Gasteiger partial charge >= 0.3 is 0 Å². The molecule has 4 aromatic rings. The summed E-state index contributed by atoms with van der Waals surface area (Å²) in [6.45, 7) is 5.86. The van der Waals surface area contributed by atoms with E-state index in [-0.39, 0.29) is 5.56 Å². The molecule has 2 aromatic heterocycles. The summed E-state index contributed by atoms with van der Waals surface area (Å²) in [6.07, 6.45) is 0. The molecule has 0 bridgehead atoms. The van der Waals surface area contributed by atoms with Gasteiger partial charge < -0.3 is 19.5 Å². The van der Waals surface area contributed by atoms with Gasteiger partial charge in [-0.1, -0.05) is 18.2 Å². The first-order valence-electron chi connectivity index (χ1n) is 10.7. The maximum absolute atomic E-state index is 13.1. The largest absolute Gasteiger partial charge is 0.496 e. The highest BCUT2D eigenvalue weighted by Crippen LogP contribution is 2.32. The highest BCUT2D eigenvalue weighted by atomic mass is 16.5. The number of piperazine rings is 1. The summed E-state index contributed by atoms with van der Waals surface area (Å²) in [4.78, 5) is 25.5. The van der Waals surface area contributed by atoms with E-state index >= 15 is 0 Å². The van der Waals surface area contributed by atoms with E-state index in [2.05, 4.69) is 33.0 Å². The van der Waals surface area contributed by atoms with E-state index in [1.807, 2.05) is 49.4 Å². The Morgan fingerprint density at radius 2 is 1.75 bits per heavy atom. The minimum Gasteiger partial charge on any atom is -0.496 e. The van der Waals surface area contributed by atoms with E-state index in [0.717, 1.165) is 43.1 Å². The first-order chi connectivity index (χ1) is 15.5. The van der Waals surface area contributed by atoms with Gasteiger partial charge in [-0.2, -0.15) is 5.10 Å². The van der Waals surface area contributed by atoms with Gasteiger partial charge in [-0.25, -0.2) is 9.67 Å². The number of hydrogen-bond acceptors (Lipinski definition) is 6. The molecule has 8 heteroatoms. The number of anilines is 1. The zero-order chi connectivity index (χ0) is 22.2. The third-order valence-electron chi connectivity index (χ3n) is 6.01. The zero-order valence-corrected chi connectivity index (χ0v) is 18.5. The summed E-state index contributed by atoms with van der Waals surface area (Å²) in [5.41, 5.74) is 4.15. The summed E-state index contributed by atoms with van der Waals surface area (Å²) < 4.78 is 7.34. The molecular weight excluding hydrogens is 404 g/mol. The third-order valence-corrected chi connectivity index (χ3v) is 6.01. The summed E-state index contributed by atoms with van der Waals surface area (Å²) in [6, 6.07) is 15.6. The molecule has 32 heavy (non-hydrogen) atoms. The number of aromatic amines is 1. The maximum atomic E-state index is 13.1. The van der Waals surface area contributed by atoms with Crippen molar-refractivity contribution in [2.24, 2.45) is 0 Å². The van der Waals surface area contributed by atoms with E-state index in [0.29, 0.717) is 28.3 Å². The fourth-order valence-electron chi connectivity index (χ4n) is 4.18. The van der Waals surface area contributed by atoms with Crippen molar-refractivity contribution in [2.75, 3.05) is 45.2 Å². The van der Waals surface area contributed by atoms with Crippen LogP contribution in [0.2, 0.25) is 0 Å². The quantitative estimate of drug-likeness (QED) is 0.536. The maximum Gasteiger partial charge on any atom is 0.277 e. The first kappa shape index (κ1) is 20.3. The van der Waals surface area contributed by atoms with Gasteiger partial charge in [0.1, 0.15) is 17.1 Å². The van der Waals surface area contributed by atoms with Crippen molar-refractivity contribution in [2.45, 2.75) is 6.92 Å². The van der Waals surface area contributed by atoms with Gasteiger partial charge in [0, 0.05) is 37.9 Å². The average molecular weight is 431 g/mol. The molecule has 0 unspecified atom stereocenters. The van der Waals surface area contributed by atoms with Crippen LogP contribution in [0.25, 0.3) is 28.1 Å². The van der Waals surface area contributed by atoms with Gasteiger partial charge in [0.15, 0.2) is 5.52 Å². The molecule has 0 saturated carbocycles. The van der Waals surface area contributed by atoms with Gasteiger partial charge in [0.25, 0.3) is 5.56 Å². The zero-order valence-electron chi connectivity index (χ0n) is 18.5. The number of aromatic nitrogens is 4. The second-order valence-corrected chi connectivity index (χ2v) is 8.12. The molecular formula is C24H26N6O2. The Morgan fingerprint density at radius 3 is 2.47 bits per heavy atom. The van der Waals surface area contributed by atoms with Crippen molar-refractivity contribution >= 4 is 16.7 Å². The van der Waals surface area contributed by atoms with E-state index in [9.17, 15) is 4.79 Å². The van der Waals surface area contributed by atoms with Gasteiger partial charge in [0.05, 0.1) is 24.1 Å². The van der Waals surface area contributed by atoms with Crippen molar-refractivity contribution in [3.05, 3.63) is 64.6 Å². The van der Waals surface area contributed by atoms with Crippen molar-refractivity contribution in [3.8, 4) is 22.8 Å². The van der Waals surface area contributed by atoms with E-state index in [1.54, 1.807) is 11.8 Å². The minimum atomic E-state index is -0.236. The van der Waals surface area contributed by atoms with Crippen LogP contribution in [-0.4, -0.2) is 65.0 Å². The number of H-pyrrole nitrogens is 1. The highest BCUT2D eigenvalue weighted by molar-refractivity contribution is 5.81. The van der Waals surface area contributed by atoms with Crippen LogP contribution in [0.3, 0.4) is 0 Å². The van der Waals surface area contributed by atoms with Crippen LogP contribution in [0, 0.1) is 6.92 Å². The molecule has 164 valence electrons. The lowest BCUT2D eigenvalue weighted by molar-refractivity contribution is 0.312. The Morgan fingerprint density at radius 1 is 1.00 bits per heavy atom. The summed E-state index contributed by atoms with van der Waals surface area (Å²) in [5, 5.41) is 4.57. The number of aryl methyl sites for hydroxylation is 1. The van der Waals surface area contributed by atoms with Gasteiger partial charge in [0.2, 0.25) is 0 Å². The number of fused-ring (bicyclic) bond motifs is 1. The molecule has 1 aliphatic heterocycles. The van der Waals surface area contributed by atoms with Crippen LogP contribution in [-0.2, 0) is 0 Å². The SMILES string of the molecule is COc1cc(N2CCN(C)CC2)ccc1-c1nc2c(C)nn(-c3ccccc3)c2c(=O)[nH]1. The van der Waals surface area contributed by atoms with Crippen LogP contribution in [0.5, 0.6) is 5.75 Å². The predicted octanol–water partition coefficient (Wildman–Crippen LogP) is 2.84. The molecule has 2 aromatic carbocycles. The number of methoxy groups -OCH3 is 1. The Bertz CT molecular complexity index is 1320. The number of rotatable bonds is 4. The van der Waals surface area contributed by atoms with Crippen molar-refractivity contribution in [1.82, 2.24) is 24.6 Å². The molecule has 0 radical (unpaired) electrons. The highest BCUT2D eigenvalue weighted by Gasteiger charge is 2.20. The lowest BCUT2D eigenvalue weighted by atomic mass is 10.1. The molecule has 1 N–H and O–H groups in total. The van der Waals surface area contributed by atoms with E-state index in [4.69, 9.17) is 9.72 Å². The normalized spacial score (nSPS) is 14.8. The molecule has 1 fully saturated rings. The molecule has 3 heterocycles. The van der Waals surface area contributed by atoms with Crippen molar-refractivity contribution < 1.29 is 4.74 Å². The molecule has 5 rings (SSSR count). The van der Waals surface area contributed by atoms with Gasteiger partial charge in [-0.3, -0.25) is 4.79 Å². The number of ether oxygens (including phenoxy) is 1. The topological polar surface area (TPSA) is 79.3 Å². The third kappa shape index (κ3) is 3.52. The van der Waals surface area contributed by atoms with Crippen LogP contribution in [0.1, 0.15) is 5.69 Å². The van der Waals surface area contributed by atoms with Crippen LogP contribution in [0.4, 0.5) is 5.69 Å². The number of benzene rings is 2. The predicted molar refractivity (Wildman–Crippen MR) is 126 cm³/mol. The van der Waals surface area contributed by atoms with Crippen molar-refractivity contribution in [3.63, 3.8) is 0 Å². The van der Waals surface area contributed by atoms with E-state index < -0.39 is 0 Å². The lowest BCUT2D eigenvalue weighted by Gasteiger charge is -2.34. The second kappa shape index (κ2) is 8.12. The minimum absolute atomic E-state index is 0.236. The number of nitrogens with one attached hydrogen (secondary N) is 1. The molecule has 8 nitrogen and oxygen atoms in total. The van der Waals surface area contributed by atoms with Crippen LogP contribution in [0.15, 0.2) is 53.3 Å². The second-order valence-electron chi connectivity index (χ2n) is 8.12. The van der Waals surface area contributed by atoms with Crippen LogP contribution < -0.4 is 15.2 Å². The van der Waals surface area contributed by atoms with Crippen LogP contribution >= 0.6 is 0 Å². The van der Waals surface area contributed by atoms with E-state index in [1.165, 1.54) is 0 Å². The number of likely N-dealkylation sites (N-methyl/N-ethyl adjacent to an activating group) is 1. The Balaban J connectivity index is 1.58. The smallest absolute Gasteiger partial charge is 0.277 e. The summed E-state index contributed by atoms with van der Waals surface area (Å²) >= 11 is 0. The molecule has 1 saturated heterocycles. The fraction of sp³-hybridized carbons (Fsp3) is 0.292. The molecule has 0 atom stereocenters. The van der Waals surface area contributed by atoms with Crippen molar-refractivity contribution in [1.29, 1.82) is 0 Å². The molecule has 0 spiro atoms. The molecule has 0 amide bonds. The molecule has 0 aliphatic carbocycles. The average Bonchev–Trinajstić information content (AvgIpc) is 3.16. The monoisotopic (exact) mass is 430 g/mol. The summed E-state index contributed by atoms with van der Waals surface area (Å²) in [7, 11) is 3.78. The molecule has 1 aliphatic rings. The first-order valence-corrected chi connectivity index (χ1v) is 10.7. The number of hydrogen-bond donors (Lipinski definition) is 1. The summed E-state index contributed by atoms with van der Waals surface area (Å²) in [5.74, 6) is 1.15. The lowest BCUT2D eigenvalue weighted by Crippen LogP contribution is -2.44. The number of para-hydroxylation sites is 1. The number of nitrogens with zero attached hydrogens (tertiary/aromatic N) is 5. The van der Waals surface area contributed by atoms with Gasteiger partial charge in [-0.05, 0) is 38.2 Å². The van der Waals surface area contributed by atoms with Gasteiger partial charge in [-0.15, -0.1) is 0 Å². The standard InChI is InChI=1S/C24H26N6O2/c1-16-21-22(30(27-16)17-7-5-4-6-8-17)24(31)26-23(25-21)19-10-9-18(15-20(19)32-3)29-13-11-28(2)12-14-29/h4-10,15H,11-14H2,1-3H3,(H,25,26,31). The Labute approximate surface area is 186 Å². The fourth-order valence-corrected chi connectivity index (χ4v) is 4.18. The Kier molecular flexibility index (Phi) is 5.14.